The third-order valence-electron chi connectivity index (χ3n) is 5.35. The number of rotatable bonds is 4. The van der Waals surface area contributed by atoms with Crippen molar-refractivity contribution in [1.29, 1.82) is 0 Å². The van der Waals surface area contributed by atoms with E-state index in [4.69, 9.17) is 4.74 Å². The van der Waals surface area contributed by atoms with E-state index in [2.05, 4.69) is 15.2 Å². The first-order valence-electron chi connectivity index (χ1n) is 10.2. The van der Waals surface area contributed by atoms with Gasteiger partial charge in [0, 0.05) is 37.6 Å². The lowest BCUT2D eigenvalue weighted by Crippen LogP contribution is -2.41. The van der Waals surface area contributed by atoms with E-state index < -0.39 is 0 Å². The van der Waals surface area contributed by atoms with E-state index in [9.17, 15) is 9.59 Å². The average Bonchev–Trinajstić information content (AvgIpc) is 2.80. The molecule has 0 radical (unpaired) electrons. The molecule has 2 aliphatic rings. The zero-order chi connectivity index (χ0) is 20.1. The summed E-state index contributed by atoms with van der Waals surface area (Å²) in [5.41, 5.74) is 2.39. The van der Waals surface area contributed by atoms with Crippen LogP contribution in [0.1, 0.15) is 40.2 Å². The van der Waals surface area contributed by atoms with Crippen LogP contribution < -0.4 is 10.2 Å². The molecule has 2 aromatic rings. The maximum absolute atomic E-state index is 12.6. The van der Waals surface area contributed by atoms with Crippen LogP contribution in [-0.2, 0) is 4.74 Å². The number of carbonyl (C=O) groups excluding carboxylic acids is 2. The molecule has 2 aliphatic heterocycles. The molecule has 0 aliphatic carbocycles. The number of benzene rings is 1. The molecule has 7 heteroatoms. The monoisotopic (exact) mass is 394 g/mol. The van der Waals surface area contributed by atoms with Crippen LogP contribution in [0.5, 0.6) is 0 Å². The molecule has 1 aromatic heterocycles. The van der Waals surface area contributed by atoms with Gasteiger partial charge in [0.25, 0.3) is 11.8 Å². The molecule has 7 nitrogen and oxygen atoms in total. The van der Waals surface area contributed by atoms with Crippen LogP contribution in [0.2, 0.25) is 0 Å². The van der Waals surface area contributed by atoms with Gasteiger partial charge in [0.2, 0.25) is 0 Å². The van der Waals surface area contributed by atoms with Crippen molar-refractivity contribution in [2.45, 2.75) is 19.3 Å². The van der Waals surface area contributed by atoms with Crippen molar-refractivity contribution in [3.05, 3.63) is 53.9 Å². The molecule has 0 spiro atoms. The first-order valence-corrected chi connectivity index (χ1v) is 10.2. The van der Waals surface area contributed by atoms with Crippen molar-refractivity contribution in [2.75, 3.05) is 49.6 Å². The summed E-state index contributed by atoms with van der Waals surface area (Å²) >= 11 is 0. The Balaban J connectivity index is 1.41. The van der Waals surface area contributed by atoms with E-state index in [-0.39, 0.29) is 23.2 Å². The summed E-state index contributed by atoms with van der Waals surface area (Å²) in [7, 11) is 0. The van der Waals surface area contributed by atoms with Gasteiger partial charge in [-0.05, 0) is 55.7 Å². The summed E-state index contributed by atoms with van der Waals surface area (Å²) in [5, 5.41) is 2.87. The van der Waals surface area contributed by atoms with Crippen LogP contribution in [0.4, 0.5) is 11.4 Å². The molecule has 1 N–H and O–H groups in total. The molecule has 0 saturated carbocycles. The Hall–Kier alpha value is -2.93. The molecule has 3 heterocycles. The molecule has 0 bridgehead atoms. The third kappa shape index (κ3) is 4.74. The second-order valence-electron chi connectivity index (χ2n) is 7.36. The molecule has 2 saturated heterocycles. The normalized spacial score (nSPS) is 17.1. The first kappa shape index (κ1) is 19.4. The Morgan fingerprint density at radius 2 is 1.55 bits per heavy atom. The number of nitrogens with one attached hydrogen (secondary N) is 1. The summed E-state index contributed by atoms with van der Waals surface area (Å²) in [6.45, 7) is 4.30. The molecule has 4 rings (SSSR count). The Morgan fingerprint density at radius 1 is 0.862 bits per heavy atom. The molecule has 2 fully saturated rings. The van der Waals surface area contributed by atoms with Crippen LogP contribution in [-0.4, -0.2) is 61.1 Å². The highest BCUT2D eigenvalue weighted by atomic mass is 16.5. The molecule has 0 atom stereocenters. The van der Waals surface area contributed by atoms with E-state index in [1.54, 1.807) is 23.1 Å². The average molecular weight is 394 g/mol. The molecular formula is C22H26N4O3. The topological polar surface area (TPSA) is 74.8 Å². The summed E-state index contributed by atoms with van der Waals surface area (Å²) < 4.78 is 5.28. The molecular weight excluding hydrogens is 368 g/mol. The second-order valence-corrected chi connectivity index (χ2v) is 7.36. The summed E-state index contributed by atoms with van der Waals surface area (Å²) in [6, 6.07) is 12.8. The van der Waals surface area contributed by atoms with Gasteiger partial charge in [0.1, 0.15) is 11.4 Å². The van der Waals surface area contributed by atoms with E-state index in [0.717, 1.165) is 13.1 Å². The van der Waals surface area contributed by atoms with E-state index >= 15 is 0 Å². The number of nitrogens with zero attached hydrogens (tertiary/aromatic N) is 3. The molecule has 0 unspecified atom stereocenters. The summed E-state index contributed by atoms with van der Waals surface area (Å²) in [5.74, 6) is -0.499. The first-order chi connectivity index (χ1) is 14.2. The molecule has 152 valence electrons. The van der Waals surface area contributed by atoms with Gasteiger partial charge in [0.05, 0.1) is 13.2 Å². The lowest BCUT2D eigenvalue weighted by atomic mass is 10.1. The number of pyridine rings is 1. The smallest absolute Gasteiger partial charge is 0.274 e. The minimum absolute atomic E-state index is 0.172. The fourth-order valence-electron chi connectivity index (χ4n) is 3.71. The highest BCUT2D eigenvalue weighted by Crippen LogP contribution is 2.22. The maximum Gasteiger partial charge on any atom is 0.274 e. The van der Waals surface area contributed by atoms with Gasteiger partial charge < -0.3 is 19.9 Å². The summed E-state index contributed by atoms with van der Waals surface area (Å²) in [6.07, 6.45) is 3.75. The number of anilines is 2. The number of carbonyl (C=O) groups is 2. The number of piperidine rings is 1. The van der Waals surface area contributed by atoms with Gasteiger partial charge in [-0.25, -0.2) is 4.98 Å². The van der Waals surface area contributed by atoms with Crippen LogP contribution in [0, 0.1) is 0 Å². The van der Waals surface area contributed by atoms with Crippen molar-refractivity contribution in [1.82, 2.24) is 9.88 Å². The minimum Gasteiger partial charge on any atom is -0.378 e. The number of aromatic nitrogens is 1. The van der Waals surface area contributed by atoms with Crippen molar-refractivity contribution < 1.29 is 14.3 Å². The highest BCUT2D eigenvalue weighted by molar-refractivity contribution is 6.04. The van der Waals surface area contributed by atoms with Crippen LogP contribution in [0.3, 0.4) is 0 Å². The third-order valence-corrected chi connectivity index (χ3v) is 5.35. The van der Waals surface area contributed by atoms with Crippen molar-refractivity contribution in [3.8, 4) is 0 Å². The molecule has 1 aromatic carbocycles. The zero-order valence-corrected chi connectivity index (χ0v) is 16.5. The SMILES string of the molecule is O=C(Nc1ccc(N2CCCCC2)cc1)c1cccc(C(=O)N2CCOCC2)n1. The van der Waals surface area contributed by atoms with E-state index in [0.29, 0.717) is 32.0 Å². The van der Waals surface area contributed by atoms with Crippen molar-refractivity contribution in [2.24, 2.45) is 0 Å². The number of hydrogen-bond acceptors (Lipinski definition) is 5. The number of morpholine rings is 1. The van der Waals surface area contributed by atoms with E-state index in [1.807, 2.05) is 24.3 Å². The van der Waals surface area contributed by atoms with Crippen molar-refractivity contribution >= 4 is 23.2 Å². The highest BCUT2D eigenvalue weighted by Gasteiger charge is 2.21. The molecule has 29 heavy (non-hydrogen) atoms. The quantitative estimate of drug-likeness (QED) is 0.863. The largest absolute Gasteiger partial charge is 0.378 e. The minimum atomic E-state index is -0.327. The number of amides is 2. The lowest BCUT2D eigenvalue weighted by Gasteiger charge is -2.28. The number of ether oxygens (including phenoxy) is 1. The van der Waals surface area contributed by atoms with Gasteiger partial charge >= 0.3 is 0 Å². The van der Waals surface area contributed by atoms with Gasteiger partial charge in [-0.15, -0.1) is 0 Å². The lowest BCUT2D eigenvalue weighted by molar-refractivity contribution is 0.0299. The Kier molecular flexibility index (Phi) is 6.05. The fraction of sp³-hybridized carbons (Fsp3) is 0.409. The van der Waals surface area contributed by atoms with E-state index in [1.165, 1.54) is 24.9 Å². The van der Waals surface area contributed by atoms with Gasteiger partial charge in [-0.1, -0.05) is 6.07 Å². The van der Waals surface area contributed by atoms with Gasteiger partial charge in [0.15, 0.2) is 0 Å². The van der Waals surface area contributed by atoms with Crippen molar-refractivity contribution in [3.63, 3.8) is 0 Å². The Morgan fingerprint density at radius 3 is 2.28 bits per heavy atom. The number of hydrogen-bond donors (Lipinski definition) is 1. The van der Waals surface area contributed by atoms with Crippen LogP contribution in [0.25, 0.3) is 0 Å². The Labute approximate surface area is 170 Å². The zero-order valence-electron chi connectivity index (χ0n) is 16.5. The second kappa shape index (κ2) is 9.05. The molecule has 2 amide bonds. The van der Waals surface area contributed by atoms with Crippen LogP contribution >= 0.6 is 0 Å². The van der Waals surface area contributed by atoms with Gasteiger partial charge in [-0.3, -0.25) is 9.59 Å². The Bertz CT molecular complexity index is 857. The van der Waals surface area contributed by atoms with Crippen LogP contribution in [0.15, 0.2) is 42.5 Å². The predicted octanol–water partition coefficient (Wildman–Crippen LogP) is 2.80. The maximum atomic E-state index is 12.6. The standard InChI is InChI=1S/C22H26N4O3/c27-21(23-17-7-9-18(10-8-17)25-11-2-1-3-12-25)19-5-4-6-20(24-19)22(28)26-13-15-29-16-14-26/h4-10H,1-3,11-16H2,(H,23,27). The predicted molar refractivity (Wildman–Crippen MR) is 111 cm³/mol. The summed E-state index contributed by atoms with van der Waals surface area (Å²) in [4.78, 5) is 33.6. The fourth-order valence-corrected chi connectivity index (χ4v) is 3.71. The van der Waals surface area contributed by atoms with Gasteiger partial charge in [-0.2, -0.15) is 0 Å².